The van der Waals surface area contributed by atoms with Gasteiger partial charge in [0.25, 0.3) is 0 Å². The topological polar surface area (TPSA) is 11.4 Å². The second kappa shape index (κ2) is 12.9. The van der Waals surface area contributed by atoms with Gasteiger partial charge < -0.3 is 14.4 Å². The minimum absolute atomic E-state index is 0.0760. The first kappa shape index (κ1) is 34.4. The van der Waals surface area contributed by atoms with Crippen molar-refractivity contribution in [1.82, 2.24) is 4.57 Å². The van der Waals surface area contributed by atoms with Crippen LogP contribution in [0.5, 0.6) is 0 Å². The van der Waals surface area contributed by atoms with Gasteiger partial charge in [-0.25, -0.2) is 0 Å². The van der Waals surface area contributed by atoms with Gasteiger partial charge in [0.05, 0.1) is 16.9 Å². The summed E-state index contributed by atoms with van der Waals surface area (Å²) in [5.74, 6) is 0. The fourth-order valence-electron chi connectivity index (χ4n) is 10.4. The highest BCUT2D eigenvalue weighted by molar-refractivity contribution is 8.00. The smallest absolute Gasteiger partial charge is 0.249 e. The van der Waals surface area contributed by atoms with Crippen molar-refractivity contribution in [2.24, 2.45) is 0 Å². The molecule has 0 bridgehead atoms. The zero-order valence-electron chi connectivity index (χ0n) is 33.2. The lowest BCUT2D eigenvalue weighted by molar-refractivity contribution is 0.666. The summed E-state index contributed by atoms with van der Waals surface area (Å²) in [7, 11) is 0. The van der Waals surface area contributed by atoms with E-state index in [9.17, 15) is 0 Å². The molecule has 2 aliphatic heterocycles. The molecule has 0 spiro atoms. The standard InChI is InChI=1S/C54H40BN3S/c1-35-32-46-51-48(33-35)59-47-34-40(56(36-18-8-4-9-19-36)37-20-10-5-11-21-37)28-29-43(47)55(51)44-30-31-45(57(38-22-12-6-13-23-38)39-24-14-7-15-25-39)49-50-52(58(46)53(44)49)41-26-16-17-27-42(41)54(50,2)3/h4-34H,1-3H3. The summed E-state index contributed by atoms with van der Waals surface area (Å²) in [4.78, 5) is 7.49. The predicted octanol–water partition coefficient (Wildman–Crippen LogP) is 12.5. The summed E-state index contributed by atoms with van der Waals surface area (Å²) in [6, 6.07) is 69.3. The molecule has 0 saturated heterocycles. The average molecular weight is 774 g/mol. The first-order valence-corrected chi connectivity index (χ1v) is 21.4. The molecule has 3 nitrogen and oxygen atoms in total. The third-order valence-corrected chi connectivity index (χ3v) is 13.9. The van der Waals surface area contributed by atoms with Gasteiger partial charge in [-0.05, 0) is 113 Å². The number of rotatable bonds is 6. The van der Waals surface area contributed by atoms with Gasteiger partial charge in [-0.15, -0.1) is 0 Å². The molecule has 280 valence electrons. The molecule has 1 aliphatic carbocycles. The zero-order valence-corrected chi connectivity index (χ0v) is 34.0. The maximum atomic E-state index is 2.67. The first-order chi connectivity index (χ1) is 29.0. The lowest BCUT2D eigenvalue weighted by atomic mass is 9.35. The van der Waals surface area contributed by atoms with Crippen LogP contribution in [0.25, 0.3) is 27.8 Å². The van der Waals surface area contributed by atoms with Gasteiger partial charge in [-0.3, -0.25) is 0 Å². The summed E-state index contributed by atoms with van der Waals surface area (Å²) in [6.45, 7) is 7.21. The van der Waals surface area contributed by atoms with Crippen molar-refractivity contribution < 1.29 is 0 Å². The maximum Gasteiger partial charge on any atom is 0.249 e. The molecule has 59 heavy (non-hydrogen) atoms. The maximum absolute atomic E-state index is 2.67. The number of benzene rings is 8. The van der Waals surface area contributed by atoms with Gasteiger partial charge >= 0.3 is 0 Å². The summed E-state index contributed by atoms with van der Waals surface area (Å²) >= 11 is 1.93. The van der Waals surface area contributed by atoms with E-state index in [1.54, 1.807) is 0 Å². The van der Waals surface area contributed by atoms with Gasteiger partial charge in [-0.2, -0.15) is 0 Å². The van der Waals surface area contributed by atoms with E-state index in [2.05, 4.69) is 223 Å². The Morgan fingerprint density at radius 2 is 1.08 bits per heavy atom. The Hall–Kier alpha value is -6.69. The van der Waals surface area contributed by atoms with E-state index >= 15 is 0 Å². The molecule has 0 atom stereocenters. The third kappa shape index (κ3) is 4.98. The zero-order chi connectivity index (χ0) is 39.4. The quantitative estimate of drug-likeness (QED) is 0.156. The molecule has 8 aromatic carbocycles. The van der Waals surface area contributed by atoms with Crippen molar-refractivity contribution in [1.29, 1.82) is 0 Å². The Kier molecular flexibility index (Phi) is 7.52. The van der Waals surface area contributed by atoms with Crippen LogP contribution in [0, 0.1) is 6.92 Å². The summed E-state index contributed by atoms with van der Waals surface area (Å²) < 4.78 is 2.67. The number of hydrogen-bond donors (Lipinski definition) is 0. The molecule has 0 saturated carbocycles. The number of fused-ring (bicyclic) bond motifs is 9. The summed E-state index contributed by atoms with van der Waals surface area (Å²) in [5.41, 5.74) is 20.2. The van der Waals surface area contributed by atoms with E-state index in [0.717, 1.165) is 28.4 Å². The van der Waals surface area contributed by atoms with Gasteiger partial charge in [0.1, 0.15) is 0 Å². The molecule has 3 aliphatic rings. The fourth-order valence-corrected chi connectivity index (χ4v) is 11.7. The van der Waals surface area contributed by atoms with Crippen LogP contribution in [0.1, 0.15) is 30.5 Å². The van der Waals surface area contributed by atoms with E-state index in [1.165, 1.54) is 76.4 Å². The minimum atomic E-state index is -0.228. The van der Waals surface area contributed by atoms with Crippen LogP contribution < -0.4 is 26.2 Å². The normalized spacial score (nSPS) is 13.7. The SMILES string of the molecule is Cc1cc2c3c(c1)-n1c4c(c5c(N(c6ccccc6)c6ccccc6)ccc(c51)B3c1ccc(N(c3ccccc3)c3ccccc3)cc1S2)C(C)(C)c1ccccc1-4. The molecule has 0 unspecified atom stereocenters. The highest BCUT2D eigenvalue weighted by Crippen LogP contribution is 2.57. The molecular formula is C54H40BN3S. The minimum Gasteiger partial charge on any atom is -0.310 e. The Labute approximate surface area is 350 Å². The van der Waals surface area contributed by atoms with Crippen molar-refractivity contribution in [2.75, 3.05) is 9.80 Å². The van der Waals surface area contributed by atoms with Crippen LogP contribution >= 0.6 is 11.8 Å². The molecule has 0 radical (unpaired) electrons. The molecule has 0 fully saturated rings. The summed E-state index contributed by atoms with van der Waals surface area (Å²) in [6.07, 6.45) is 0. The fraction of sp³-hybridized carbons (Fsp3) is 0.0741. The molecule has 9 aromatic rings. The van der Waals surface area contributed by atoms with Crippen molar-refractivity contribution in [3.63, 3.8) is 0 Å². The number of aryl methyl sites for hydroxylation is 1. The van der Waals surface area contributed by atoms with Crippen LogP contribution in [0.4, 0.5) is 34.1 Å². The molecule has 0 N–H and O–H groups in total. The Bertz CT molecular complexity index is 3040. The van der Waals surface area contributed by atoms with Crippen molar-refractivity contribution in [2.45, 2.75) is 36.0 Å². The van der Waals surface area contributed by atoms with Gasteiger partial charge in [0.15, 0.2) is 0 Å². The van der Waals surface area contributed by atoms with Crippen molar-refractivity contribution >= 4 is 79.9 Å². The lowest BCUT2D eigenvalue weighted by Gasteiger charge is -2.36. The largest absolute Gasteiger partial charge is 0.310 e. The molecule has 5 heteroatoms. The highest BCUT2D eigenvalue weighted by atomic mass is 32.2. The lowest BCUT2D eigenvalue weighted by Crippen LogP contribution is -2.58. The number of anilines is 6. The molecule has 1 aromatic heterocycles. The summed E-state index contributed by atoms with van der Waals surface area (Å²) in [5, 5.41) is 1.33. The van der Waals surface area contributed by atoms with E-state index < -0.39 is 0 Å². The Balaban J connectivity index is 1.16. The van der Waals surface area contributed by atoms with Crippen molar-refractivity contribution in [3.8, 4) is 16.9 Å². The molecule has 12 rings (SSSR count). The van der Waals surface area contributed by atoms with E-state index in [-0.39, 0.29) is 12.1 Å². The molecular weight excluding hydrogens is 733 g/mol. The average Bonchev–Trinajstić information content (AvgIpc) is 3.75. The van der Waals surface area contributed by atoms with Crippen LogP contribution in [-0.2, 0) is 5.41 Å². The van der Waals surface area contributed by atoms with Crippen molar-refractivity contribution in [3.05, 3.63) is 205 Å². The first-order valence-electron chi connectivity index (χ1n) is 20.6. The van der Waals surface area contributed by atoms with E-state index in [0.29, 0.717) is 0 Å². The van der Waals surface area contributed by atoms with E-state index in [4.69, 9.17) is 0 Å². The monoisotopic (exact) mass is 773 g/mol. The second-order valence-corrected chi connectivity index (χ2v) is 17.7. The number of hydrogen-bond acceptors (Lipinski definition) is 3. The number of nitrogens with zero attached hydrogens (tertiary/aromatic N) is 3. The number of aromatic nitrogens is 1. The highest BCUT2D eigenvalue weighted by Gasteiger charge is 2.47. The van der Waals surface area contributed by atoms with Crippen LogP contribution in [0.15, 0.2) is 198 Å². The second-order valence-electron chi connectivity index (χ2n) is 16.6. The third-order valence-electron chi connectivity index (χ3n) is 12.8. The Morgan fingerprint density at radius 1 is 0.525 bits per heavy atom. The van der Waals surface area contributed by atoms with Gasteiger partial charge in [0.2, 0.25) is 6.71 Å². The molecule has 0 amide bonds. The Morgan fingerprint density at radius 3 is 1.71 bits per heavy atom. The van der Waals surface area contributed by atoms with Gasteiger partial charge in [-0.1, -0.05) is 140 Å². The predicted molar refractivity (Wildman–Crippen MR) is 250 cm³/mol. The van der Waals surface area contributed by atoms with Crippen LogP contribution in [0.3, 0.4) is 0 Å². The number of para-hydroxylation sites is 4. The molecule has 3 heterocycles. The van der Waals surface area contributed by atoms with Crippen LogP contribution in [0.2, 0.25) is 0 Å². The van der Waals surface area contributed by atoms with Crippen LogP contribution in [-0.4, -0.2) is 11.3 Å². The van der Waals surface area contributed by atoms with E-state index in [1.807, 2.05) is 11.8 Å². The van der Waals surface area contributed by atoms with Gasteiger partial charge in [0, 0.05) is 60.3 Å².